The number of nitrogens with one attached hydrogen (secondary N) is 1. The summed E-state index contributed by atoms with van der Waals surface area (Å²) in [6, 6.07) is 11.0. The number of carbonyl (C=O) groups excluding carboxylic acids is 1. The standard InChI is InChI=1S/C16H22N2O/c1-12-10-17-14(13-6-4-3-5-7-13)11-18(12)15(19)16(2)8-9-16/h3-7,12,14,17H,8-11H2,1-2H3/t12-,14-/m1/s1. The number of hydrogen-bond acceptors (Lipinski definition) is 2. The fourth-order valence-electron chi connectivity index (χ4n) is 2.80. The van der Waals surface area contributed by atoms with E-state index in [9.17, 15) is 4.79 Å². The highest BCUT2D eigenvalue weighted by atomic mass is 16.2. The van der Waals surface area contributed by atoms with Crippen molar-refractivity contribution >= 4 is 5.91 Å². The summed E-state index contributed by atoms with van der Waals surface area (Å²) in [6.45, 7) is 5.90. The van der Waals surface area contributed by atoms with Crippen LogP contribution in [0.3, 0.4) is 0 Å². The Morgan fingerprint density at radius 2 is 2.00 bits per heavy atom. The van der Waals surface area contributed by atoms with Gasteiger partial charge < -0.3 is 10.2 Å². The van der Waals surface area contributed by atoms with Gasteiger partial charge in [0.05, 0.1) is 0 Å². The summed E-state index contributed by atoms with van der Waals surface area (Å²) in [5.41, 5.74) is 1.21. The van der Waals surface area contributed by atoms with Crippen molar-refractivity contribution in [3.05, 3.63) is 35.9 Å². The van der Waals surface area contributed by atoms with Crippen LogP contribution in [0, 0.1) is 5.41 Å². The summed E-state index contributed by atoms with van der Waals surface area (Å²) in [6.07, 6.45) is 2.11. The van der Waals surface area contributed by atoms with E-state index in [1.165, 1.54) is 5.56 Å². The normalized spacial score (nSPS) is 29.1. The maximum Gasteiger partial charge on any atom is 0.228 e. The SMILES string of the molecule is C[C@@H]1CN[C@@H](c2ccccc2)CN1C(=O)C1(C)CC1. The van der Waals surface area contributed by atoms with Crippen molar-refractivity contribution in [1.82, 2.24) is 10.2 Å². The second-order valence-corrected chi connectivity index (χ2v) is 6.24. The highest BCUT2D eigenvalue weighted by Gasteiger charge is 2.48. The first kappa shape index (κ1) is 12.7. The average molecular weight is 258 g/mol. The lowest BCUT2D eigenvalue weighted by molar-refractivity contribution is -0.140. The van der Waals surface area contributed by atoms with Crippen LogP contribution in [0.4, 0.5) is 0 Å². The lowest BCUT2D eigenvalue weighted by atomic mass is 9.99. The fraction of sp³-hybridized carbons (Fsp3) is 0.562. The van der Waals surface area contributed by atoms with Crippen LogP contribution in [0.5, 0.6) is 0 Å². The van der Waals surface area contributed by atoms with Gasteiger partial charge in [-0.15, -0.1) is 0 Å². The van der Waals surface area contributed by atoms with Gasteiger partial charge in [-0.2, -0.15) is 0 Å². The van der Waals surface area contributed by atoms with Gasteiger partial charge >= 0.3 is 0 Å². The van der Waals surface area contributed by atoms with E-state index < -0.39 is 0 Å². The Bertz CT molecular complexity index is 467. The first-order chi connectivity index (χ1) is 9.10. The molecular weight excluding hydrogens is 236 g/mol. The Hall–Kier alpha value is -1.35. The predicted octanol–water partition coefficient (Wildman–Crippen LogP) is 2.35. The average Bonchev–Trinajstić information content (AvgIpc) is 3.19. The van der Waals surface area contributed by atoms with E-state index in [-0.39, 0.29) is 11.5 Å². The minimum absolute atomic E-state index is 0.0627. The number of nitrogens with zero attached hydrogens (tertiary/aromatic N) is 1. The molecule has 2 fully saturated rings. The van der Waals surface area contributed by atoms with Gasteiger partial charge in [0.15, 0.2) is 0 Å². The van der Waals surface area contributed by atoms with Gasteiger partial charge in [0.25, 0.3) is 0 Å². The number of carbonyl (C=O) groups is 1. The zero-order valence-electron chi connectivity index (χ0n) is 11.7. The zero-order valence-corrected chi connectivity index (χ0v) is 11.7. The van der Waals surface area contributed by atoms with Gasteiger partial charge in [-0.05, 0) is 25.3 Å². The Morgan fingerprint density at radius 1 is 1.32 bits per heavy atom. The maximum atomic E-state index is 12.6. The monoisotopic (exact) mass is 258 g/mol. The second-order valence-electron chi connectivity index (χ2n) is 6.24. The zero-order chi connectivity index (χ0) is 13.5. The summed E-state index contributed by atoms with van der Waals surface area (Å²) >= 11 is 0. The lowest BCUT2D eigenvalue weighted by Crippen LogP contribution is -2.55. The van der Waals surface area contributed by atoms with Crippen molar-refractivity contribution < 1.29 is 4.79 Å². The van der Waals surface area contributed by atoms with Crippen LogP contribution in [-0.2, 0) is 4.79 Å². The molecule has 1 saturated heterocycles. The molecule has 3 heteroatoms. The summed E-state index contributed by atoms with van der Waals surface area (Å²) in [4.78, 5) is 14.7. The van der Waals surface area contributed by atoms with Crippen molar-refractivity contribution in [3.8, 4) is 0 Å². The number of amides is 1. The van der Waals surface area contributed by atoms with E-state index in [2.05, 4.69) is 48.3 Å². The fourth-order valence-corrected chi connectivity index (χ4v) is 2.80. The quantitative estimate of drug-likeness (QED) is 0.883. The number of piperazine rings is 1. The van der Waals surface area contributed by atoms with E-state index in [1.54, 1.807) is 0 Å². The molecule has 19 heavy (non-hydrogen) atoms. The minimum Gasteiger partial charge on any atom is -0.336 e. The van der Waals surface area contributed by atoms with Crippen molar-refractivity contribution in [2.45, 2.75) is 38.8 Å². The minimum atomic E-state index is -0.0627. The third-order valence-electron chi connectivity index (χ3n) is 4.55. The molecule has 0 aromatic heterocycles. The highest BCUT2D eigenvalue weighted by Crippen LogP contribution is 2.47. The van der Waals surface area contributed by atoms with E-state index in [0.29, 0.717) is 11.9 Å². The topological polar surface area (TPSA) is 32.3 Å². The molecule has 1 aromatic carbocycles. The molecule has 2 atom stereocenters. The van der Waals surface area contributed by atoms with Crippen molar-refractivity contribution in [2.75, 3.05) is 13.1 Å². The molecule has 0 unspecified atom stereocenters. The molecule has 2 aliphatic rings. The number of rotatable bonds is 2. The molecule has 0 radical (unpaired) electrons. The van der Waals surface area contributed by atoms with Gasteiger partial charge in [-0.1, -0.05) is 37.3 Å². The molecule has 1 amide bonds. The van der Waals surface area contributed by atoms with E-state index in [4.69, 9.17) is 0 Å². The Balaban J connectivity index is 1.76. The largest absolute Gasteiger partial charge is 0.336 e. The summed E-state index contributed by atoms with van der Waals surface area (Å²) < 4.78 is 0. The van der Waals surface area contributed by atoms with Gasteiger partial charge in [0.1, 0.15) is 0 Å². The molecule has 1 aromatic rings. The van der Waals surface area contributed by atoms with Crippen molar-refractivity contribution in [1.29, 1.82) is 0 Å². The van der Waals surface area contributed by atoms with Crippen LogP contribution in [0.1, 0.15) is 38.3 Å². The lowest BCUT2D eigenvalue weighted by Gasteiger charge is -2.40. The van der Waals surface area contributed by atoms with Gasteiger partial charge in [0.2, 0.25) is 5.91 Å². The van der Waals surface area contributed by atoms with Gasteiger partial charge in [0, 0.05) is 30.6 Å². The Kier molecular flexibility index (Phi) is 3.09. The van der Waals surface area contributed by atoms with Crippen LogP contribution in [-0.4, -0.2) is 29.9 Å². The highest BCUT2D eigenvalue weighted by molar-refractivity contribution is 5.85. The maximum absolute atomic E-state index is 12.6. The van der Waals surface area contributed by atoms with Crippen LogP contribution in [0.25, 0.3) is 0 Å². The molecule has 0 spiro atoms. The summed E-state index contributed by atoms with van der Waals surface area (Å²) in [5.74, 6) is 0.349. The molecule has 3 rings (SSSR count). The molecule has 1 aliphatic carbocycles. The smallest absolute Gasteiger partial charge is 0.228 e. The second kappa shape index (κ2) is 4.64. The first-order valence-electron chi connectivity index (χ1n) is 7.19. The molecule has 1 heterocycles. The molecule has 102 valence electrons. The third kappa shape index (κ3) is 2.39. The van der Waals surface area contributed by atoms with Crippen LogP contribution >= 0.6 is 0 Å². The first-order valence-corrected chi connectivity index (χ1v) is 7.19. The van der Waals surface area contributed by atoms with Gasteiger partial charge in [-0.25, -0.2) is 0 Å². The van der Waals surface area contributed by atoms with E-state index in [1.807, 2.05) is 6.07 Å². The molecule has 1 N–H and O–H groups in total. The summed E-state index contributed by atoms with van der Waals surface area (Å²) in [5, 5.41) is 3.55. The molecular formula is C16H22N2O. The number of hydrogen-bond donors (Lipinski definition) is 1. The molecule has 1 saturated carbocycles. The predicted molar refractivity (Wildman–Crippen MR) is 75.7 cm³/mol. The Morgan fingerprint density at radius 3 is 2.63 bits per heavy atom. The van der Waals surface area contributed by atoms with Crippen molar-refractivity contribution in [3.63, 3.8) is 0 Å². The van der Waals surface area contributed by atoms with Crippen LogP contribution in [0.2, 0.25) is 0 Å². The van der Waals surface area contributed by atoms with Crippen LogP contribution < -0.4 is 5.32 Å². The third-order valence-corrected chi connectivity index (χ3v) is 4.55. The van der Waals surface area contributed by atoms with Crippen LogP contribution in [0.15, 0.2) is 30.3 Å². The number of benzene rings is 1. The summed E-state index contributed by atoms with van der Waals surface area (Å²) in [7, 11) is 0. The molecule has 3 nitrogen and oxygen atoms in total. The van der Waals surface area contributed by atoms with E-state index in [0.717, 1.165) is 25.9 Å². The van der Waals surface area contributed by atoms with E-state index >= 15 is 0 Å². The van der Waals surface area contributed by atoms with Gasteiger partial charge in [-0.3, -0.25) is 4.79 Å². The van der Waals surface area contributed by atoms with Crippen molar-refractivity contribution in [2.24, 2.45) is 5.41 Å². The molecule has 0 bridgehead atoms. The Labute approximate surface area is 115 Å². The molecule has 1 aliphatic heterocycles.